The first kappa shape index (κ1) is 12.2. The Morgan fingerprint density at radius 2 is 2.47 bits per heavy atom. The maximum Gasteiger partial charge on any atom is 0.183 e. The van der Waals surface area contributed by atoms with Crippen molar-refractivity contribution in [2.24, 2.45) is 0 Å². The minimum Gasteiger partial charge on any atom is -0.497 e. The topological polar surface area (TPSA) is 47.0 Å². The first-order valence-electron chi connectivity index (χ1n) is 6.32. The SMILES string of the molecule is C1=COC(CNc2nc(-c3cccnc3)cs2)CC1. The molecule has 0 saturated heterocycles. The highest BCUT2D eigenvalue weighted by atomic mass is 32.1. The third-order valence-electron chi connectivity index (χ3n) is 2.96. The smallest absolute Gasteiger partial charge is 0.183 e. The molecule has 0 radical (unpaired) electrons. The van der Waals surface area contributed by atoms with Gasteiger partial charge in [-0.3, -0.25) is 4.98 Å². The Morgan fingerprint density at radius 3 is 3.26 bits per heavy atom. The second-order valence-electron chi connectivity index (χ2n) is 4.37. The summed E-state index contributed by atoms with van der Waals surface area (Å²) in [5.41, 5.74) is 2.01. The van der Waals surface area contributed by atoms with Gasteiger partial charge in [0, 0.05) is 23.3 Å². The maximum atomic E-state index is 5.51. The molecule has 0 aromatic carbocycles. The van der Waals surface area contributed by atoms with E-state index < -0.39 is 0 Å². The number of allylic oxidation sites excluding steroid dienone is 1. The Labute approximate surface area is 116 Å². The van der Waals surface area contributed by atoms with E-state index in [2.05, 4.69) is 21.4 Å². The van der Waals surface area contributed by atoms with Crippen LogP contribution >= 0.6 is 11.3 Å². The molecular weight excluding hydrogens is 258 g/mol. The van der Waals surface area contributed by atoms with Crippen molar-refractivity contribution in [2.75, 3.05) is 11.9 Å². The molecule has 4 nitrogen and oxygen atoms in total. The van der Waals surface area contributed by atoms with Gasteiger partial charge in [-0.15, -0.1) is 11.3 Å². The first-order chi connectivity index (χ1) is 9.42. The van der Waals surface area contributed by atoms with E-state index in [1.165, 1.54) is 0 Å². The summed E-state index contributed by atoms with van der Waals surface area (Å²) in [5.74, 6) is 0. The summed E-state index contributed by atoms with van der Waals surface area (Å²) in [7, 11) is 0. The van der Waals surface area contributed by atoms with E-state index in [4.69, 9.17) is 4.74 Å². The van der Waals surface area contributed by atoms with Gasteiger partial charge in [0.15, 0.2) is 5.13 Å². The number of hydrogen-bond acceptors (Lipinski definition) is 5. The van der Waals surface area contributed by atoms with Crippen molar-refractivity contribution >= 4 is 16.5 Å². The Kier molecular flexibility index (Phi) is 3.74. The zero-order valence-electron chi connectivity index (χ0n) is 10.5. The van der Waals surface area contributed by atoms with Gasteiger partial charge >= 0.3 is 0 Å². The number of aromatic nitrogens is 2. The van der Waals surface area contributed by atoms with Crippen molar-refractivity contribution in [3.63, 3.8) is 0 Å². The fraction of sp³-hybridized carbons (Fsp3) is 0.286. The molecule has 3 rings (SSSR count). The number of thiazole rings is 1. The molecule has 3 heterocycles. The Bertz CT molecular complexity index is 553. The van der Waals surface area contributed by atoms with Crippen LogP contribution in [0.5, 0.6) is 0 Å². The third kappa shape index (κ3) is 3.12. The van der Waals surface area contributed by atoms with Crippen LogP contribution in [0.1, 0.15) is 12.8 Å². The van der Waals surface area contributed by atoms with Gasteiger partial charge in [-0.1, -0.05) is 0 Å². The minimum absolute atomic E-state index is 0.246. The molecule has 0 spiro atoms. The van der Waals surface area contributed by atoms with E-state index in [-0.39, 0.29) is 6.10 Å². The summed E-state index contributed by atoms with van der Waals surface area (Å²) in [5, 5.41) is 6.30. The second kappa shape index (κ2) is 5.84. The number of rotatable bonds is 4. The Morgan fingerprint density at radius 1 is 1.47 bits per heavy atom. The molecule has 0 fully saturated rings. The standard InChI is InChI=1S/C14H15N3OS/c1-2-7-18-12(5-1)9-16-14-17-13(10-19-14)11-4-3-6-15-8-11/h2-4,6-8,10,12H,1,5,9H2,(H,16,17). The molecule has 98 valence electrons. The van der Waals surface area contributed by atoms with Gasteiger partial charge in [-0.2, -0.15) is 0 Å². The molecule has 2 aromatic heterocycles. The van der Waals surface area contributed by atoms with Gasteiger partial charge in [-0.05, 0) is 31.1 Å². The molecular formula is C14H15N3OS. The molecule has 19 heavy (non-hydrogen) atoms. The summed E-state index contributed by atoms with van der Waals surface area (Å²) in [6.07, 6.45) is 9.83. The predicted octanol–water partition coefficient (Wildman–Crippen LogP) is 3.31. The van der Waals surface area contributed by atoms with E-state index >= 15 is 0 Å². The average molecular weight is 273 g/mol. The monoisotopic (exact) mass is 273 g/mol. The number of ether oxygens (including phenoxy) is 1. The number of nitrogens with one attached hydrogen (secondary N) is 1. The van der Waals surface area contributed by atoms with Crippen molar-refractivity contribution in [3.05, 3.63) is 42.2 Å². The first-order valence-corrected chi connectivity index (χ1v) is 7.20. The highest BCUT2D eigenvalue weighted by Crippen LogP contribution is 2.24. The van der Waals surface area contributed by atoms with Crippen LogP contribution in [0.15, 0.2) is 42.2 Å². The molecule has 0 bridgehead atoms. The maximum absolute atomic E-state index is 5.51. The number of pyridine rings is 1. The van der Waals surface area contributed by atoms with Gasteiger partial charge in [0.05, 0.1) is 18.5 Å². The van der Waals surface area contributed by atoms with E-state index in [0.717, 1.165) is 35.8 Å². The van der Waals surface area contributed by atoms with Crippen LogP contribution in [-0.2, 0) is 4.74 Å². The van der Waals surface area contributed by atoms with Gasteiger partial charge in [0.1, 0.15) is 6.10 Å². The minimum atomic E-state index is 0.246. The predicted molar refractivity (Wildman–Crippen MR) is 77.1 cm³/mol. The highest BCUT2D eigenvalue weighted by Gasteiger charge is 2.11. The molecule has 0 aliphatic carbocycles. The summed E-state index contributed by atoms with van der Waals surface area (Å²) in [6.45, 7) is 0.796. The lowest BCUT2D eigenvalue weighted by Gasteiger charge is -2.19. The molecule has 0 amide bonds. The Hall–Kier alpha value is -1.88. The van der Waals surface area contributed by atoms with Crippen LogP contribution in [0.4, 0.5) is 5.13 Å². The van der Waals surface area contributed by atoms with Crippen molar-refractivity contribution < 1.29 is 4.74 Å². The van der Waals surface area contributed by atoms with Gasteiger partial charge in [-0.25, -0.2) is 4.98 Å². The van der Waals surface area contributed by atoms with Crippen LogP contribution in [0.2, 0.25) is 0 Å². The van der Waals surface area contributed by atoms with Crippen molar-refractivity contribution in [2.45, 2.75) is 18.9 Å². The van der Waals surface area contributed by atoms with Crippen LogP contribution in [-0.4, -0.2) is 22.6 Å². The van der Waals surface area contributed by atoms with E-state index in [1.54, 1.807) is 23.8 Å². The van der Waals surface area contributed by atoms with Gasteiger partial charge in [0.2, 0.25) is 0 Å². The molecule has 1 N–H and O–H groups in total. The molecule has 2 aromatic rings. The highest BCUT2D eigenvalue weighted by molar-refractivity contribution is 7.14. The summed E-state index contributed by atoms with van der Waals surface area (Å²) in [6, 6.07) is 3.94. The quantitative estimate of drug-likeness (QED) is 0.928. The van der Waals surface area contributed by atoms with Gasteiger partial charge < -0.3 is 10.1 Å². The second-order valence-corrected chi connectivity index (χ2v) is 5.23. The van der Waals surface area contributed by atoms with Crippen LogP contribution < -0.4 is 5.32 Å². The number of nitrogens with zero attached hydrogens (tertiary/aromatic N) is 2. The van der Waals surface area contributed by atoms with E-state index in [1.807, 2.05) is 23.7 Å². The molecule has 1 aliphatic heterocycles. The fourth-order valence-corrected chi connectivity index (χ4v) is 2.67. The van der Waals surface area contributed by atoms with Gasteiger partial charge in [0.25, 0.3) is 0 Å². The van der Waals surface area contributed by atoms with Crippen LogP contribution in [0, 0.1) is 0 Å². The lowest BCUT2D eigenvalue weighted by atomic mass is 10.1. The fourth-order valence-electron chi connectivity index (χ4n) is 1.94. The average Bonchev–Trinajstić information content (AvgIpc) is 2.96. The van der Waals surface area contributed by atoms with Crippen LogP contribution in [0.3, 0.4) is 0 Å². The lowest BCUT2D eigenvalue weighted by molar-refractivity contribution is 0.135. The number of anilines is 1. The third-order valence-corrected chi connectivity index (χ3v) is 3.76. The van der Waals surface area contributed by atoms with Crippen molar-refractivity contribution in [3.8, 4) is 11.3 Å². The molecule has 5 heteroatoms. The molecule has 1 aliphatic rings. The van der Waals surface area contributed by atoms with Crippen molar-refractivity contribution in [1.29, 1.82) is 0 Å². The lowest BCUT2D eigenvalue weighted by Crippen LogP contribution is -2.22. The van der Waals surface area contributed by atoms with E-state index in [9.17, 15) is 0 Å². The summed E-state index contributed by atoms with van der Waals surface area (Å²) < 4.78 is 5.51. The molecule has 1 unspecified atom stereocenters. The summed E-state index contributed by atoms with van der Waals surface area (Å²) >= 11 is 1.61. The van der Waals surface area contributed by atoms with Crippen molar-refractivity contribution in [1.82, 2.24) is 9.97 Å². The number of hydrogen-bond donors (Lipinski definition) is 1. The summed E-state index contributed by atoms with van der Waals surface area (Å²) in [4.78, 5) is 8.67. The normalized spacial score (nSPS) is 18.0. The largest absolute Gasteiger partial charge is 0.497 e. The van der Waals surface area contributed by atoms with E-state index in [0.29, 0.717) is 0 Å². The molecule has 0 saturated carbocycles. The zero-order valence-corrected chi connectivity index (χ0v) is 11.3. The van der Waals surface area contributed by atoms with Crippen LogP contribution in [0.25, 0.3) is 11.3 Å². The molecule has 1 atom stereocenters. The zero-order chi connectivity index (χ0) is 12.9. The Balaban J connectivity index is 1.60.